The van der Waals surface area contributed by atoms with Crippen molar-refractivity contribution in [3.63, 3.8) is 0 Å². The molecule has 0 unspecified atom stereocenters. The lowest BCUT2D eigenvalue weighted by atomic mass is 10.1. The quantitative estimate of drug-likeness (QED) is 0.670. The first-order valence-electron chi connectivity index (χ1n) is 7.30. The van der Waals surface area contributed by atoms with Crippen molar-refractivity contribution >= 4 is 33.2 Å². The maximum absolute atomic E-state index is 11.6. The summed E-state index contributed by atoms with van der Waals surface area (Å²) >= 11 is 5.02. The first kappa shape index (κ1) is 16.7. The summed E-state index contributed by atoms with van der Waals surface area (Å²) in [6.45, 7) is 1.94. The molecule has 7 heteroatoms. The molecule has 0 spiro atoms. The van der Waals surface area contributed by atoms with E-state index in [9.17, 15) is 9.90 Å². The molecule has 1 N–H and O–H groups in total. The van der Waals surface area contributed by atoms with Gasteiger partial charge in [-0.3, -0.25) is 0 Å². The van der Waals surface area contributed by atoms with Gasteiger partial charge in [0.05, 0.1) is 27.2 Å². The van der Waals surface area contributed by atoms with Gasteiger partial charge in [-0.2, -0.15) is 5.10 Å². The SMILES string of the molecule is CCc1c(C(=O)O)nn(-c2ccc(OC)cc2)c1-c1ccc(Br)s1. The summed E-state index contributed by atoms with van der Waals surface area (Å²) in [4.78, 5) is 12.6. The van der Waals surface area contributed by atoms with E-state index in [2.05, 4.69) is 21.0 Å². The van der Waals surface area contributed by atoms with Crippen molar-refractivity contribution in [2.24, 2.45) is 0 Å². The Kier molecular flexibility index (Phi) is 4.73. The monoisotopic (exact) mass is 406 g/mol. The van der Waals surface area contributed by atoms with Gasteiger partial charge in [0.15, 0.2) is 5.69 Å². The fourth-order valence-electron chi connectivity index (χ4n) is 2.56. The zero-order chi connectivity index (χ0) is 17.3. The van der Waals surface area contributed by atoms with E-state index in [0.29, 0.717) is 6.42 Å². The van der Waals surface area contributed by atoms with Crippen LogP contribution in [0.2, 0.25) is 0 Å². The number of carboxylic acids is 1. The van der Waals surface area contributed by atoms with Crippen molar-refractivity contribution in [1.29, 1.82) is 0 Å². The number of hydrogen-bond donors (Lipinski definition) is 1. The zero-order valence-corrected chi connectivity index (χ0v) is 15.5. The van der Waals surface area contributed by atoms with Gasteiger partial charge in [-0.05, 0) is 58.7 Å². The molecule has 2 heterocycles. The van der Waals surface area contributed by atoms with Crippen LogP contribution < -0.4 is 4.74 Å². The number of rotatable bonds is 5. The van der Waals surface area contributed by atoms with Crippen LogP contribution in [0.4, 0.5) is 0 Å². The highest BCUT2D eigenvalue weighted by atomic mass is 79.9. The van der Waals surface area contributed by atoms with Crippen LogP contribution in [0.5, 0.6) is 5.75 Å². The summed E-state index contributed by atoms with van der Waals surface area (Å²) in [5.41, 5.74) is 2.42. The molecule has 3 rings (SSSR count). The molecule has 0 radical (unpaired) electrons. The molecule has 1 aromatic carbocycles. The minimum absolute atomic E-state index is 0.0906. The van der Waals surface area contributed by atoms with Crippen LogP contribution in [0.1, 0.15) is 23.0 Å². The third-order valence-electron chi connectivity index (χ3n) is 3.66. The molecule has 0 saturated heterocycles. The number of halogens is 1. The molecule has 2 aromatic heterocycles. The van der Waals surface area contributed by atoms with E-state index in [1.54, 1.807) is 23.1 Å². The second-order valence-corrected chi connectivity index (χ2v) is 7.51. The lowest BCUT2D eigenvalue weighted by molar-refractivity contribution is 0.0689. The summed E-state index contributed by atoms with van der Waals surface area (Å²) in [5, 5.41) is 13.9. The third-order valence-corrected chi connectivity index (χ3v) is 5.29. The van der Waals surface area contributed by atoms with Gasteiger partial charge in [-0.1, -0.05) is 6.92 Å². The molecular formula is C17H15BrN2O3S. The zero-order valence-electron chi connectivity index (χ0n) is 13.1. The van der Waals surface area contributed by atoms with Gasteiger partial charge in [0.2, 0.25) is 0 Å². The van der Waals surface area contributed by atoms with Crippen LogP contribution in [0.15, 0.2) is 40.2 Å². The smallest absolute Gasteiger partial charge is 0.356 e. The van der Waals surface area contributed by atoms with Crippen LogP contribution in [0, 0.1) is 0 Å². The molecule has 0 atom stereocenters. The molecular weight excluding hydrogens is 392 g/mol. The maximum Gasteiger partial charge on any atom is 0.356 e. The van der Waals surface area contributed by atoms with Gasteiger partial charge in [-0.25, -0.2) is 9.48 Å². The highest BCUT2D eigenvalue weighted by Gasteiger charge is 2.24. The minimum atomic E-state index is -1.02. The Morgan fingerprint density at radius 3 is 2.50 bits per heavy atom. The number of nitrogens with zero attached hydrogens (tertiary/aromatic N) is 2. The molecule has 0 bridgehead atoms. The Balaban J connectivity index is 2.25. The number of thiophene rings is 1. The van der Waals surface area contributed by atoms with Crippen LogP contribution in [0.3, 0.4) is 0 Å². The van der Waals surface area contributed by atoms with Crippen molar-refractivity contribution in [1.82, 2.24) is 9.78 Å². The van der Waals surface area contributed by atoms with E-state index in [1.807, 2.05) is 43.3 Å². The molecule has 0 aliphatic carbocycles. The predicted molar refractivity (Wildman–Crippen MR) is 97.5 cm³/mol. The van der Waals surface area contributed by atoms with E-state index in [-0.39, 0.29) is 5.69 Å². The van der Waals surface area contributed by atoms with E-state index in [0.717, 1.165) is 31.4 Å². The van der Waals surface area contributed by atoms with Gasteiger partial charge in [0.25, 0.3) is 0 Å². The molecule has 0 aliphatic heterocycles. The number of ether oxygens (including phenoxy) is 1. The fourth-order valence-corrected chi connectivity index (χ4v) is 4.01. The normalized spacial score (nSPS) is 10.8. The van der Waals surface area contributed by atoms with E-state index in [4.69, 9.17) is 4.74 Å². The van der Waals surface area contributed by atoms with Gasteiger partial charge in [0, 0.05) is 5.56 Å². The Labute approximate surface area is 151 Å². The number of aromatic carboxylic acids is 1. The number of benzene rings is 1. The van der Waals surface area contributed by atoms with E-state index >= 15 is 0 Å². The van der Waals surface area contributed by atoms with Crippen molar-refractivity contribution in [3.8, 4) is 22.0 Å². The Morgan fingerprint density at radius 2 is 2.00 bits per heavy atom. The number of carbonyl (C=O) groups is 1. The number of carboxylic acid groups (broad SMARTS) is 1. The first-order chi connectivity index (χ1) is 11.5. The predicted octanol–water partition coefficient (Wildman–Crippen LogP) is 4.63. The second kappa shape index (κ2) is 6.78. The molecule has 124 valence electrons. The molecule has 0 amide bonds. The third kappa shape index (κ3) is 2.97. The molecule has 3 aromatic rings. The molecule has 5 nitrogen and oxygen atoms in total. The van der Waals surface area contributed by atoms with Crippen molar-refractivity contribution in [3.05, 3.63) is 51.4 Å². The molecule has 0 saturated carbocycles. The van der Waals surface area contributed by atoms with Crippen molar-refractivity contribution in [2.45, 2.75) is 13.3 Å². The average Bonchev–Trinajstić information content (AvgIpc) is 3.18. The van der Waals surface area contributed by atoms with Crippen LogP contribution in [0.25, 0.3) is 16.3 Å². The Hall–Kier alpha value is -2.12. The number of aromatic nitrogens is 2. The highest BCUT2D eigenvalue weighted by molar-refractivity contribution is 9.11. The highest BCUT2D eigenvalue weighted by Crippen LogP contribution is 2.36. The summed E-state index contributed by atoms with van der Waals surface area (Å²) in [5.74, 6) is -0.281. The Morgan fingerprint density at radius 1 is 1.29 bits per heavy atom. The first-order valence-corrected chi connectivity index (χ1v) is 8.91. The van der Waals surface area contributed by atoms with E-state index in [1.165, 1.54) is 0 Å². The number of hydrogen-bond acceptors (Lipinski definition) is 4. The van der Waals surface area contributed by atoms with Crippen LogP contribution >= 0.6 is 27.3 Å². The summed E-state index contributed by atoms with van der Waals surface area (Å²) in [7, 11) is 1.61. The van der Waals surface area contributed by atoms with Crippen LogP contribution in [-0.2, 0) is 6.42 Å². The largest absolute Gasteiger partial charge is 0.497 e. The van der Waals surface area contributed by atoms with Crippen molar-refractivity contribution < 1.29 is 14.6 Å². The summed E-state index contributed by atoms with van der Waals surface area (Å²) in [6, 6.07) is 11.3. The van der Waals surface area contributed by atoms with Gasteiger partial charge in [0.1, 0.15) is 5.75 Å². The molecule has 24 heavy (non-hydrogen) atoms. The molecule has 0 fully saturated rings. The average molecular weight is 407 g/mol. The molecule has 0 aliphatic rings. The van der Waals surface area contributed by atoms with Gasteiger partial charge in [-0.15, -0.1) is 11.3 Å². The maximum atomic E-state index is 11.6. The minimum Gasteiger partial charge on any atom is -0.497 e. The lowest BCUT2D eigenvalue weighted by Gasteiger charge is -2.08. The standard InChI is InChI=1S/C17H15BrN2O3S/c1-3-12-15(17(21)22)19-20(10-4-6-11(23-2)7-5-10)16(12)13-8-9-14(18)24-13/h4-9H,3H2,1-2H3,(H,21,22). The topological polar surface area (TPSA) is 64.3 Å². The van der Waals surface area contributed by atoms with Crippen LogP contribution in [-0.4, -0.2) is 28.0 Å². The van der Waals surface area contributed by atoms with Gasteiger partial charge >= 0.3 is 5.97 Å². The summed E-state index contributed by atoms with van der Waals surface area (Å²) < 4.78 is 7.86. The fraction of sp³-hybridized carbons (Fsp3) is 0.176. The second-order valence-electron chi connectivity index (χ2n) is 5.05. The number of methoxy groups -OCH3 is 1. The lowest BCUT2D eigenvalue weighted by Crippen LogP contribution is -2.02. The van der Waals surface area contributed by atoms with E-state index < -0.39 is 5.97 Å². The van der Waals surface area contributed by atoms with Crippen molar-refractivity contribution in [2.75, 3.05) is 7.11 Å². The summed E-state index contributed by atoms with van der Waals surface area (Å²) in [6.07, 6.45) is 0.586. The van der Waals surface area contributed by atoms with Gasteiger partial charge < -0.3 is 9.84 Å². The Bertz CT molecular complexity index is 884.